The Morgan fingerprint density at radius 1 is 1.04 bits per heavy atom. The standard InChI is InChI=1S/C19H22N2O4S/c1-20(2)13-16-15-10-11-21(17(15)12-18(24-3)19(16)25-4)26(22,23)14-8-6-5-7-9-14/h5-12H,13H2,1-4H3. The Kier molecular flexibility index (Phi) is 4.93. The van der Waals surface area contributed by atoms with E-state index in [4.69, 9.17) is 9.47 Å². The normalized spacial score (nSPS) is 11.9. The summed E-state index contributed by atoms with van der Waals surface area (Å²) in [4.78, 5) is 2.24. The van der Waals surface area contributed by atoms with Crippen molar-refractivity contribution in [2.75, 3.05) is 28.3 Å². The monoisotopic (exact) mass is 374 g/mol. The zero-order valence-electron chi connectivity index (χ0n) is 15.3. The van der Waals surface area contributed by atoms with E-state index in [1.165, 1.54) is 3.97 Å². The molecule has 0 radical (unpaired) electrons. The lowest BCUT2D eigenvalue weighted by Gasteiger charge is -2.18. The quantitative estimate of drug-likeness (QED) is 0.664. The van der Waals surface area contributed by atoms with Crippen LogP contribution < -0.4 is 9.47 Å². The highest BCUT2D eigenvalue weighted by molar-refractivity contribution is 7.90. The van der Waals surface area contributed by atoms with E-state index in [0.29, 0.717) is 23.6 Å². The second kappa shape index (κ2) is 7.01. The van der Waals surface area contributed by atoms with Gasteiger partial charge in [-0.3, -0.25) is 0 Å². The zero-order chi connectivity index (χ0) is 18.9. The fraction of sp³-hybridized carbons (Fsp3) is 0.263. The molecule has 0 saturated heterocycles. The van der Waals surface area contributed by atoms with Gasteiger partial charge in [0.15, 0.2) is 11.5 Å². The van der Waals surface area contributed by atoms with Crippen molar-refractivity contribution in [1.82, 2.24) is 8.87 Å². The summed E-state index contributed by atoms with van der Waals surface area (Å²) in [6.45, 7) is 0.590. The van der Waals surface area contributed by atoms with Crippen molar-refractivity contribution in [3.63, 3.8) is 0 Å². The summed E-state index contributed by atoms with van der Waals surface area (Å²) in [6.07, 6.45) is 1.57. The minimum Gasteiger partial charge on any atom is -0.493 e. The van der Waals surface area contributed by atoms with Gasteiger partial charge < -0.3 is 14.4 Å². The third-order valence-electron chi connectivity index (χ3n) is 4.18. The molecule has 7 heteroatoms. The molecule has 0 aliphatic carbocycles. The Morgan fingerprint density at radius 2 is 1.73 bits per heavy atom. The van der Waals surface area contributed by atoms with E-state index in [1.54, 1.807) is 62.9 Å². The van der Waals surface area contributed by atoms with Crippen LogP contribution in [-0.4, -0.2) is 45.6 Å². The average Bonchev–Trinajstić information content (AvgIpc) is 3.06. The topological polar surface area (TPSA) is 60.8 Å². The van der Waals surface area contributed by atoms with E-state index < -0.39 is 10.0 Å². The molecule has 0 bridgehead atoms. The number of nitrogens with zero attached hydrogens (tertiary/aromatic N) is 2. The maximum absolute atomic E-state index is 13.1. The highest BCUT2D eigenvalue weighted by Gasteiger charge is 2.23. The van der Waals surface area contributed by atoms with Crippen LogP contribution in [0.3, 0.4) is 0 Å². The lowest BCUT2D eigenvalue weighted by Crippen LogP contribution is -2.14. The van der Waals surface area contributed by atoms with Gasteiger partial charge >= 0.3 is 0 Å². The molecule has 0 unspecified atom stereocenters. The number of ether oxygens (including phenoxy) is 2. The molecule has 0 aliphatic rings. The molecule has 0 saturated carbocycles. The van der Waals surface area contributed by atoms with Crippen molar-refractivity contribution >= 4 is 20.9 Å². The molecule has 0 spiro atoms. The molecule has 2 aromatic carbocycles. The van der Waals surface area contributed by atoms with Crippen molar-refractivity contribution in [3.05, 3.63) is 54.2 Å². The summed E-state index contributed by atoms with van der Waals surface area (Å²) in [7, 11) is 3.32. The van der Waals surface area contributed by atoms with E-state index in [0.717, 1.165) is 10.9 Å². The summed E-state index contributed by atoms with van der Waals surface area (Å²) >= 11 is 0. The molecule has 0 fully saturated rings. The van der Waals surface area contributed by atoms with Crippen LogP contribution in [0.1, 0.15) is 5.56 Å². The van der Waals surface area contributed by atoms with Gasteiger partial charge in [-0.05, 0) is 32.3 Å². The average molecular weight is 374 g/mol. The van der Waals surface area contributed by atoms with E-state index in [-0.39, 0.29) is 4.90 Å². The molecule has 138 valence electrons. The Labute approximate surface area is 153 Å². The largest absolute Gasteiger partial charge is 0.493 e. The first-order valence-electron chi connectivity index (χ1n) is 8.10. The molecular weight excluding hydrogens is 352 g/mol. The molecule has 0 N–H and O–H groups in total. The van der Waals surface area contributed by atoms with Gasteiger partial charge in [-0.2, -0.15) is 0 Å². The van der Waals surface area contributed by atoms with Crippen LogP contribution in [0.4, 0.5) is 0 Å². The third-order valence-corrected chi connectivity index (χ3v) is 5.88. The predicted molar refractivity (Wildman–Crippen MR) is 101 cm³/mol. The van der Waals surface area contributed by atoms with Crippen LogP contribution in [0.5, 0.6) is 11.5 Å². The number of hydrogen-bond acceptors (Lipinski definition) is 5. The summed E-state index contributed by atoms with van der Waals surface area (Å²) in [5, 5.41) is 0.816. The second-order valence-corrected chi connectivity index (χ2v) is 8.01. The number of rotatable bonds is 6. The highest BCUT2D eigenvalue weighted by Crippen LogP contribution is 2.39. The Morgan fingerprint density at radius 3 is 2.31 bits per heavy atom. The lowest BCUT2D eigenvalue weighted by atomic mass is 10.1. The Balaban J connectivity index is 2.31. The molecule has 1 heterocycles. The first-order valence-corrected chi connectivity index (χ1v) is 9.54. The summed E-state index contributed by atoms with van der Waals surface area (Å²) < 4.78 is 38.4. The molecular formula is C19H22N2O4S. The van der Waals surface area contributed by atoms with Crippen LogP contribution >= 0.6 is 0 Å². The van der Waals surface area contributed by atoms with E-state index in [2.05, 4.69) is 0 Å². The number of benzene rings is 2. The number of methoxy groups -OCH3 is 2. The second-order valence-electron chi connectivity index (χ2n) is 6.19. The molecule has 0 aliphatic heterocycles. The predicted octanol–water partition coefficient (Wildman–Crippen LogP) is 2.96. The van der Waals surface area contributed by atoms with Gasteiger partial charge in [0.05, 0.1) is 24.6 Å². The minimum atomic E-state index is -3.71. The van der Waals surface area contributed by atoms with Gasteiger partial charge in [-0.25, -0.2) is 12.4 Å². The maximum atomic E-state index is 13.1. The molecule has 6 nitrogen and oxygen atoms in total. The fourth-order valence-electron chi connectivity index (χ4n) is 3.05. The van der Waals surface area contributed by atoms with Gasteiger partial charge in [0.2, 0.25) is 0 Å². The van der Waals surface area contributed by atoms with Gasteiger partial charge in [0.25, 0.3) is 10.0 Å². The molecule has 1 aromatic heterocycles. The van der Waals surface area contributed by atoms with Crippen molar-refractivity contribution in [2.45, 2.75) is 11.4 Å². The van der Waals surface area contributed by atoms with Gasteiger partial charge in [-0.1, -0.05) is 18.2 Å². The summed E-state index contributed by atoms with van der Waals surface area (Å²) in [6, 6.07) is 11.9. The first-order chi connectivity index (χ1) is 12.4. The van der Waals surface area contributed by atoms with Crippen LogP contribution in [-0.2, 0) is 16.6 Å². The number of hydrogen-bond donors (Lipinski definition) is 0. The number of aromatic nitrogens is 1. The molecule has 26 heavy (non-hydrogen) atoms. The van der Waals surface area contributed by atoms with E-state index in [1.807, 2.05) is 19.0 Å². The Bertz CT molecular complexity index is 1020. The lowest BCUT2D eigenvalue weighted by molar-refractivity contribution is 0.340. The number of fused-ring (bicyclic) bond motifs is 1. The maximum Gasteiger partial charge on any atom is 0.268 e. The van der Waals surface area contributed by atoms with Crippen molar-refractivity contribution in [3.8, 4) is 11.5 Å². The van der Waals surface area contributed by atoms with E-state index in [9.17, 15) is 8.42 Å². The first kappa shape index (κ1) is 18.3. The smallest absolute Gasteiger partial charge is 0.268 e. The fourth-order valence-corrected chi connectivity index (χ4v) is 4.41. The zero-order valence-corrected chi connectivity index (χ0v) is 16.1. The van der Waals surface area contributed by atoms with Crippen LogP contribution in [0.2, 0.25) is 0 Å². The van der Waals surface area contributed by atoms with Gasteiger partial charge in [0.1, 0.15) is 0 Å². The van der Waals surface area contributed by atoms with Crippen LogP contribution in [0.25, 0.3) is 10.9 Å². The van der Waals surface area contributed by atoms with Crippen molar-refractivity contribution in [2.24, 2.45) is 0 Å². The summed E-state index contributed by atoms with van der Waals surface area (Å²) in [5.74, 6) is 1.11. The Hall–Kier alpha value is -2.51. The highest BCUT2D eigenvalue weighted by atomic mass is 32.2. The van der Waals surface area contributed by atoms with Crippen LogP contribution in [0, 0.1) is 0 Å². The van der Waals surface area contributed by atoms with Gasteiger partial charge in [-0.15, -0.1) is 0 Å². The molecule has 3 rings (SSSR count). The minimum absolute atomic E-state index is 0.237. The van der Waals surface area contributed by atoms with Crippen molar-refractivity contribution in [1.29, 1.82) is 0 Å². The molecule has 0 amide bonds. The third kappa shape index (κ3) is 3.04. The summed E-state index contributed by atoms with van der Waals surface area (Å²) in [5.41, 5.74) is 1.44. The SMILES string of the molecule is COc1cc2c(ccn2S(=O)(=O)c2ccccc2)c(CN(C)C)c1OC. The molecule has 0 atom stereocenters. The molecule has 3 aromatic rings. The van der Waals surface area contributed by atoms with Crippen LogP contribution in [0.15, 0.2) is 53.6 Å². The van der Waals surface area contributed by atoms with Gasteiger partial charge in [0, 0.05) is 29.8 Å². The van der Waals surface area contributed by atoms with E-state index >= 15 is 0 Å². The van der Waals surface area contributed by atoms with Crippen molar-refractivity contribution < 1.29 is 17.9 Å².